The lowest BCUT2D eigenvalue weighted by Gasteiger charge is -2.27. The minimum absolute atomic E-state index is 0.122. The minimum atomic E-state index is -0.316. The molecular formula is C12H20N2O. The van der Waals surface area contributed by atoms with Gasteiger partial charge in [0.25, 0.3) is 0 Å². The molecule has 0 aliphatic carbocycles. The van der Waals surface area contributed by atoms with Gasteiger partial charge in [0.1, 0.15) is 0 Å². The van der Waals surface area contributed by atoms with E-state index in [1.54, 1.807) is 0 Å². The standard InChI is InChI=1S/C12H20N2O/c1-3-5-9-13-11(15)12(7-4-2)8-6-10-14-12/h1,14H,4-10H2,2H3,(H,13,15). The molecule has 1 saturated heterocycles. The third-order valence-electron chi connectivity index (χ3n) is 2.91. The molecule has 84 valence electrons. The van der Waals surface area contributed by atoms with E-state index in [1.807, 2.05) is 0 Å². The zero-order valence-corrected chi connectivity index (χ0v) is 9.44. The van der Waals surface area contributed by atoms with Gasteiger partial charge in [-0.2, -0.15) is 0 Å². The maximum absolute atomic E-state index is 12.0. The number of carbonyl (C=O) groups is 1. The molecule has 1 atom stereocenters. The monoisotopic (exact) mass is 208 g/mol. The number of carbonyl (C=O) groups excluding carboxylic acids is 1. The van der Waals surface area contributed by atoms with Crippen LogP contribution in [0.15, 0.2) is 0 Å². The molecule has 0 saturated carbocycles. The first-order valence-corrected chi connectivity index (χ1v) is 5.72. The summed E-state index contributed by atoms with van der Waals surface area (Å²) in [6.07, 6.45) is 9.72. The van der Waals surface area contributed by atoms with E-state index < -0.39 is 0 Å². The van der Waals surface area contributed by atoms with Gasteiger partial charge in [-0.05, 0) is 25.8 Å². The van der Waals surface area contributed by atoms with Gasteiger partial charge < -0.3 is 10.6 Å². The van der Waals surface area contributed by atoms with Crippen LogP contribution < -0.4 is 10.6 Å². The number of terminal acetylenes is 1. The van der Waals surface area contributed by atoms with Crippen molar-refractivity contribution in [3.05, 3.63) is 0 Å². The quantitative estimate of drug-likeness (QED) is 0.524. The summed E-state index contributed by atoms with van der Waals surface area (Å²) in [5.41, 5.74) is -0.316. The van der Waals surface area contributed by atoms with Gasteiger partial charge in [-0.25, -0.2) is 0 Å². The van der Waals surface area contributed by atoms with Crippen molar-refractivity contribution in [2.75, 3.05) is 13.1 Å². The molecule has 0 radical (unpaired) electrons. The van der Waals surface area contributed by atoms with Crippen LogP contribution >= 0.6 is 0 Å². The largest absolute Gasteiger partial charge is 0.354 e. The topological polar surface area (TPSA) is 41.1 Å². The predicted molar refractivity (Wildman–Crippen MR) is 61.3 cm³/mol. The van der Waals surface area contributed by atoms with Gasteiger partial charge >= 0.3 is 0 Å². The van der Waals surface area contributed by atoms with Crippen LogP contribution in [-0.2, 0) is 4.79 Å². The third-order valence-corrected chi connectivity index (χ3v) is 2.91. The average molecular weight is 208 g/mol. The first kappa shape index (κ1) is 12.1. The van der Waals surface area contributed by atoms with Crippen LogP contribution in [0.2, 0.25) is 0 Å². The number of amides is 1. The SMILES string of the molecule is C#CCCNC(=O)C1(CCC)CCCN1. The Labute approximate surface area is 92.0 Å². The van der Waals surface area contributed by atoms with Crippen LogP contribution in [0, 0.1) is 12.3 Å². The zero-order valence-electron chi connectivity index (χ0n) is 9.44. The second kappa shape index (κ2) is 5.77. The van der Waals surface area contributed by atoms with E-state index in [1.165, 1.54) is 0 Å². The van der Waals surface area contributed by atoms with Crippen LogP contribution in [0.5, 0.6) is 0 Å². The van der Waals surface area contributed by atoms with Crippen molar-refractivity contribution in [2.45, 2.75) is 44.6 Å². The number of nitrogens with one attached hydrogen (secondary N) is 2. The Bertz CT molecular complexity index is 249. The lowest BCUT2D eigenvalue weighted by atomic mass is 9.91. The lowest BCUT2D eigenvalue weighted by molar-refractivity contribution is -0.127. The summed E-state index contributed by atoms with van der Waals surface area (Å²) >= 11 is 0. The highest BCUT2D eigenvalue weighted by atomic mass is 16.2. The number of hydrogen-bond donors (Lipinski definition) is 2. The molecule has 0 aromatic carbocycles. The molecular weight excluding hydrogens is 188 g/mol. The van der Waals surface area contributed by atoms with Gasteiger partial charge in [-0.15, -0.1) is 12.3 Å². The summed E-state index contributed by atoms with van der Waals surface area (Å²) in [6.45, 7) is 3.64. The van der Waals surface area contributed by atoms with Gasteiger partial charge in [0, 0.05) is 13.0 Å². The third kappa shape index (κ3) is 2.97. The fourth-order valence-electron chi connectivity index (χ4n) is 2.17. The van der Waals surface area contributed by atoms with E-state index in [-0.39, 0.29) is 11.4 Å². The van der Waals surface area contributed by atoms with Gasteiger partial charge in [0.2, 0.25) is 5.91 Å². The molecule has 0 spiro atoms. The Morgan fingerprint density at radius 1 is 1.67 bits per heavy atom. The van der Waals surface area contributed by atoms with Crippen LogP contribution in [0.25, 0.3) is 0 Å². The van der Waals surface area contributed by atoms with E-state index in [9.17, 15) is 4.79 Å². The molecule has 1 aliphatic rings. The van der Waals surface area contributed by atoms with Crippen molar-refractivity contribution in [3.63, 3.8) is 0 Å². The molecule has 0 aromatic rings. The van der Waals surface area contributed by atoms with Gasteiger partial charge in [0.05, 0.1) is 5.54 Å². The van der Waals surface area contributed by atoms with Crippen molar-refractivity contribution >= 4 is 5.91 Å². The lowest BCUT2D eigenvalue weighted by Crippen LogP contribution is -2.53. The molecule has 1 rings (SSSR count). The fraction of sp³-hybridized carbons (Fsp3) is 0.750. The van der Waals surface area contributed by atoms with Crippen molar-refractivity contribution in [1.82, 2.24) is 10.6 Å². The van der Waals surface area contributed by atoms with Crippen molar-refractivity contribution in [1.29, 1.82) is 0 Å². The molecule has 1 unspecified atom stereocenters. The summed E-state index contributed by atoms with van der Waals surface area (Å²) < 4.78 is 0. The van der Waals surface area contributed by atoms with Crippen LogP contribution in [-0.4, -0.2) is 24.5 Å². The minimum Gasteiger partial charge on any atom is -0.354 e. The van der Waals surface area contributed by atoms with E-state index >= 15 is 0 Å². The molecule has 1 amide bonds. The molecule has 1 fully saturated rings. The summed E-state index contributed by atoms with van der Waals surface area (Å²) in [6, 6.07) is 0. The normalized spacial score (nSPS) is 24.8. The summed E-state index contributed by atoms with van der Waals surface area (Å²) in [5, 5.41) is 6.24. The number of hydrogen-bond acceptors (Lipinski definition) is 2. The molecule has 15 heavy (non-hydrogen) atoms. The average Bonchev–Trinajstić information content (AvgIpc) is 2.68. The Morgan fingerprint density at radius 3 is 3.00 bits per heavy atom. The van der Waals surface area contributed by atoms with E-state index in [4.69, 9.17) is 6.42 Å². The van der Waals surface area contributed by atoms with Gasteiger partial charge in [0.15, 0.2) is 0 Å². The van der Waals surface area contributed by atoms with E-state index in [0.717, 1.165) is 32.2 Å². The summed E-state index contributed by atoms with van der Waals surface area (Å²) in [5.74, 6) is 2.65. The number of rotatable bonds is 5. The smallest absolute Gasteiger partial charge is 0.240 e. The highest BCUT2D eigenvalue weighted by Gasteiger charge is 2.39. The summed E-state index contributed by atoms with van der Waals surface area (Å²) in [7, 11) is 0. The van der Waals surface area contributed by atoms with Gasteiger partial charge in [-0.1, -0.05) is 13.3 Å². The summed E-state index contributed by atoms with van der Waals surface area (Å²) in [4.78, 5) is 12.0. The second-order valence-corrected chi connectivity index (χ2v) is 4.07. The van der Waals surface area contributed by atoms with Crippen molar-refractivity contribution in [3.8, 4) is 12.3 Å². The van der Waals surface area contributed by atoms with E-state index in [2.05, 4.69) is 23.5 Å². The zero-order chi connectivity index (χ0) is 11.1. The maximum Gasteiger partial charge on any atom is 0.240 e. The molecule has 1 heterocycles. The molecule has 0 bridgehead atoms. The molecule has 1 aliphatic heterocycles. The Hall–Kier alpha value is -1.01. The first-order valence-electron chi connectivity index (χ1n) is 5.72. The molecule has 3 heteroatoms. The van der Waals surface area contributed by atoms with Crippen LogP contribution in [0.4, 0.5) is 0 Å². The Kier molecular flexibility index (Phi) is 4.64. The van der Waals surface area contributed by atoms with E-state index in [0.29, 0.717) is 13.0 Å². The first-order chi connectivity index (χ1) is 7.25. The highest BCUT2D eigenvalue weighted by Crippen LogP contribution is 2.24. The molecule has 3 nitrogen and oxygen atoms in total. The molecule has 2 N–H and O–H groups in total. The van der Waals surface area contributed by atoms with Crippen LogP contribution in [0.3, 0.4) is 0 Å². The Balaban J connectivity index is 2.49. The Morgan fingerprint density at radius 2 is 2.47 bits per heavy atom. The second-order valence-electron chi connectivity index (χ2n) is 4.07. The molecule has 0 aromatic heterocycles. The maximum atomic E-state index is 12.0. The van der Waals surface area contributed by atoms with Crippen molar-refractivity contribution < 1.29 is 4.79 Å². The highest BCUT2D eigenvalue weighted by molar-refractivity contribution is 5.86. The van der Waals surface area contributed by atoms with Crippen LogP contribution in [0.1, 0.15) is 39.0 Å². The van der Waals surface area contributed by atoms with Gasteiger partial charge in [-0.3, -0.25) is 4.79 Å². The predicted octanol–water partition coefficient (Wildman–Crippen LogP) is 1.05. The van der Waals surface area contributed by atoms with Crippen molar-refractivity contribution in [2.24, 2.45) is 0 Å². The fourth-order valence-corrected chi connectivity index (χ4v) is 2.17.